The van der Waals surface area contributed by atoms with Gasteiger partial charge in [-0.2, -0.15) is 0 Å². The zero-order valence-corrected chi connectivity index (χ0v) is 4.15. The predicted molar refractivity (Wildman–Crippen MR) is 28.5 cm³/mol. The monoisotopic (exact) mass is 85.1 g/mol. The molecule has 0 saturated carbocycles. The zero-order chi connectivity index (χ0) is 4.99. The maximum Gasteiger partial charge on any atom is 0.0218 e. The van der Waals surface area contributed by atoms with E-state index in [4.69, 9.17) is 5.73 Å². The van der Waals surface area contributed by atoms with Gasteiger partial charge >= 0.3 is 0 Å². The molecule has 0 unspecified atom stereocenters. The van der Waals surface area contributed by atoms with Crippen LogP contribution in [0.3, 0.4) is 0 Å². The molecule has 1 heteroatoms. The standard InChI is InChI=1S/C5H11N/c1-3-5(6)4-2/h3,5H,1,4,6H2,2H3/t5-/m0/s1. The van der Waals surface area contributed by atoms with Gasteiger partial charge < -0.3 is 5.73 Å². The molecule has 0 rings (SSSR count). The lowest BCUT2D eigenvalue weighted by molar-refractivity contribution is 0.784. The number of hydrogen-bond donors (Lipinski definition) is 1. The Hall–Kier alpha value is -0.300. The van der Waals surface area contributed by atoms with E-state index in [2.05, 4.69) is 6.58 Å². The normalized spacial score (nSPS) is 13.7. The van der Waals surface area contributed by atoms with Crippen LogP contribution in [0.15, 0.2) is 12.7 Å². The van der Waals surface area contributed by atoms with Gasteiger partial charge in [0.2, 0.25) is 0 Å². The van der Waals surface area contributed by atoms with Gasteiger partial charge in [-0.3, -0.25) is 0 Å². The first-order valence-electron chi connectivity index (χ1n) is 2.19. The Morgan fingerprint density at radius 1 is 2.00 bits per heavy atom. The third kappa shape index (κ3) is 1.97. The van der Waals surface area contributed by atoms with Crippen LogP contribution in [0.25, 0.3) is 0 Å². The number of nitrogens with two attached hydrogens (primary N) is 1. The molecule has 0 radical (unpaired) electrons. The largest absolute Gasteiger partial charge is 0.324 e. The summed E-state index contributed by atoms with van der Waals surface area (Å²) in [6.45, 7) is 5.54. The molecule has 1 nitrogen and oxygen atoms in total. The second-order valence-corrected chi connectivity index (χ2v) is 1.31. The summed E-state index contributed by atoms with van der Waals surface area (Å²) in [4.78, 5) is 0. The maximum absolute atomic E-state index is 5.35. The van der Waals surface area contributed by atoms with Crippen LogP contribution in [-0.2, 0) is 0 Å². The van der Waals surface area contributed by atoms with Crippen molar-refractivity contribution in [2.45, 2.75) is 19.4 Å². The highest BCUT2D eigenvalue weighted by Gasteiger charge is 1.84. The lowest BCUT2D eigenvalue weighted by Gasteiger charge is -1.95. The molecule has 36 valence electrons. The van der Waals surface area contributed by atoms with Crippen molar-refractivity contribution in [2.75, 3.05) is 0 Å². The average molecular weight is 85.1 g/mol. The van der Waals surface area contributed by atoms with Gasteiger partial charge in [-0.05, 0) is 6.42 Å². The van der Waals surface area contributed by atoms with Crippen molar-refractivity contribution in [2.24, 2.45) is 5.73 Å². The summed E-state index contributed by atoms with van der Waals surface area (Å²) in [6.07, 6.45) is 2.74. The van der Waals surface area contributed by atoms with Crippen LogP contribution in [-0.4, -0.2) is 6.04 Å². The summed E-state index contributed by atoms with van der Waals surface area (Å²) in [5.74, 6) is 0. The van der Waals surface area contributed by atoms with Crippen molar-refractivity contribution in [3.05, 3.63) is 12.7 Å². The minimum atomic E-state index is 0.199. The highest BCUT2D eigenvalue weighted by molar-refractivity contribution is 4.79. The summed E-state index contributed by atoms with van der Waals surface area (Å²) in [5.41, 5.74) is 5.35. The van der Waals surface area contributed by atoms with E-state index in [-0.39, 0.29) is 6.04 Å². The molecule has 0 heterocycles. The van der Waals surface area contributed by atoms with E-state index in [0.29, 0.717) is 0 Å². The minimum Gasteiger partial charge on any atom is -0.324 e. The fourth-order valence-electron chi connectivity index (χ4n) is 0.167. The van der Waals surface area contributed by atoms with Crippen molar-refractivity contribution in [1.29, 1.82) is 0 Å². The lowest BCUT2D eigenvalue weighted by Crippen LogP contribution is -2.13. The molecule has 0 saturated heterocycles. The Labute approximate surface area is 38.8 Å². The van der Waals surface area contributed by atoms with E-state index >= 15 is 0 Å². The molecule has 0 aliphatic rings. The third-order valence-electron chi connectivity index (χ3n) is 0.774. The van der Waals surface area contributed by atoms with Gasteiger partial charge in [0.25, 0.3) is 0 Å². The fraction of sp³-hybridized carbons (Fsp3) is 0.600. The van der Waals surface area contributed by atoms with Crippen LogP contribution in [0.1, 0.15) is 13.3 Å². The molecule has 0 spiro atoms. The Balaban J connectivity index is 2.96. The van der Waals surface area contributed by atoms with Crippen molar-refractivity contribution in [3.8, 4) is 0 Å². The van der Waals surface area contributed by atoms with Gasteiger partial charge in [0.15, 0.2) is 0 Å². The second kappa shape index (κ2) is 2.91. The molecule has 0 aromatic carbocycles. The summed E-state index contributed by atoms with van der Waals surface area (Å²) in [5, 5.41) is 0. The molecular weight excluding hydrogens is 74.1 g/mol. The zero-order valence-electron chi connectivity index (χ0n) is 4.15. The molecule has 0 aromatic heterocycles. The molecule has 2 N–H and O–H groups in total. The second-order valence-electron chi connectivity index (χ2n) is 1.31. The van der Waals surface area contributed by atoms with E-state index in [1.165, 1.54) is 0 Å². The molecule has 0 amide bonds. The Bertz CT molecular complexity index is 41.2. The average Bonchev–Trinajstić information content (AvgIpc) is 1.65. The summed E-state index contributed by atoms with van der Waals surface area (Å²) >= 11 is 0. The van der Waals surface area contributed by atoms with Gasteiger partial charge in [0.1, 0.15) is 0 Å². The van der Waals surface area contributed by atoms with E-state index in [9.17, 15) is 0 Å². The van der Waals surface area contributed by atoms with Gasteiger partial charge in [-0.1, -0.05) is 13.0 Å². The summed E-state index contributed by atoms with van der Waals surface area (Å²) < 4.78 is 0. The van der Waals surface area contributed by atoms with Crippen LogP contribution in [0.5, 0.6) is 0 Å². The predicted octanol–water partition coefficient (Wildman–Crippen LogP) is 0.910. The Kier molecular flexibility index (Phi) is 2.77. The van der Waals surface area contributed by atoms with Crippen LogP contribution in [0.2, 0.25) is 0 Å². The number of hydrogen-bond acceptors (Lipinski definition) is 1. The van der Waals surface area contributed by atoms with Crippen LogP contribution < -0.4 is 5.73 Å². The molecule has 0 aromatic rings. The molecule has 0 fully saturated rings. The molecule has 0 aliphatic carbocycles. The van der Waals surface area contributed by atoms with Gasteiger partial charge in [-0.25, -0.2) is 0 Å². The van der Waals surface area contributed by atoms with Gasteiger partial charge in [0.05, 0.1) is 0 Å². The van der Waals surface area contributed by atoms with Crippen LogP contribution in [0.4, 0.5) is 0 Å². The van der Waals surface area contributed by atoms with Crippen LogP contribution >= 0.6 is 0 Å². The van der Waals surface area contributed by atoms with E-state index < -0.39 is 0 Å². The molecule has 0 bridgehead atoms. The summed E-state index contributed by atoms with van der Waals surface area (Å²) in [7, 11) is 0. The molecular formula is C5H11N. The highest BCUT2D eigenvalue weighted by atomic mass is 14.6. The van der Waals surface area contributed by atoms with Crippen molar-refractivity contribution >= 4 is 0 Å². The first-order chi connectivity index (χ1) is 2.81. The first kappa shape index (κ1) is 5.70. The van der Waals surface area contributed by atoms with Gasteiger partial charge in [-0.15, -0.1) is 6.58 Å². The SMILES string of the molecule is C=C[C@H](N)CC. The maximum atomic E-state index is 5.35. The highest BCUT2D eigenvalue weighted by Crippen LogP contribution is 1.82. The summed E-state index contributed by atoms with van der Waals surface area (Å²) in [6, 6.07) is 0.199. The Morgan fingerprint density at radius 3 is 2.50 bits per heavy atom. The van der Waals surface area contributed by atoms with Crippen molar-refractivity contribution in [3.63, 3.8) is 0 Å². The van der Waals surface area contributed by atoms with E-state index in [1.54, 1.807) is 6.08 Å². The molecule has 6 heavy (non-hydrogen) atoms. The first-order valence-corrected chi connectivity index (χ1v) is 2.19. The van der Waals surface area contributed by atoms with Crippen molar-refractivity contribution < 1.29 is 0 Å². The minimum absolute atomic E-state index is 0.199. The smallest absolute Gasteiger partial charge is 0.0218 e. The number of rotatable bonds is 2. The van der Waals surface area contributed by atoms with E-state index in [0.717, 1.165) is 6.42 Å². The van der Waals surface area contributed by atoms with E-state index in [1.807, 2.05) is 6.92 Å². The lowest BCUT2D eigenvalue weighted by atomic mass is 10.2. The molecule has 1 atom stereocenters. The van der Waals surface area contributed by atoms with Gasteiger partial charge in [0, 0.05) is 6.04 Å². The van der Waals surface area contributed by atoms with Crippen molar-refractivity contribution in [1.82, 2.24) is 0 Å². The Morgan fingerprint density at radius 2 is 2.50 bits per heavy atom. The molecule has 0 aliphatic heterocycles. The quantitative estimate of drug-likeness (QED) is 0.495. The topological polar surface area (TPSA) is 26.0 Å². The third-order valence-corrected chi connectivity index (χ3v) is 0.774. The fourth-order valence-corrected chi connectivity index (χ4v) is 0.167. The van der Waals surface area contributed by atoms with Crippen LogP contribution in [0, 0.1) is 0 Å².